The van der Waals surface area contributed by atoms with Crippen molar-refractivity contribution in [3.8, 4) is 0 Å². The number of hydrogen-bond acceptors (Lipinski definition) is 2. The summed E-state index contributed by atoms with van der Waals surface area (Å²) in [6, 6.07) is 3.81. The number of nitrogens with zero attached hydrogens (tertiary/aromatic N) is 1. The van der Waals surface area contributed by atoms with Crippen LogP contribution in [-0.2, 0) is 24.2 Å². The molecule has 0 atom stereocenters. The second-order valence-corrected chi connectivity index (χ2v) is 4.64. The summed E-state index contributed by atoms with van der Waals surface area (Å²) in [5.74, 6) is -1.01. The summed E-state index contributed by atoms with van der Waals surface area (Å²) in [6.07, 6.45) is 7.80. The minimum atomic E-state index is -1.01. The van der Waals surface area contributed by atoms with Gasteiger partial charge in [0, 0.05) is 36.9 Å². The predicted octanol–water partition coefficient (Wildman–Crippen LogP) is 1.41. The maximum atomic E-state index is 10.7. The van der Waals surface area contributed by atoms with Crippen molar-refractivity contribution in [2.45, 2.75) is 58.9 Å². The molecule has 0 radical (unpaired) electrons. The molecule has 1 rings (SSSR count). The van der Waals surface area contributed by atoms with Gasteiger partial charge in [0.1, 0.15) is 6.54 Å². The number of unbranched alkanes of at least 4 members (excludes halogenated alkanes) is 3. The number of carbonyl (C=O) groups excluding carboxylic acids is 1. The third-order valence-electron chi connectivity index (χ3n) is 3.20. The van der Waals surface area contributed by atoms with E-state index < -0.39 is 5.97 Å². The quantitative estimate of drug-likeness (QED) is 0.516. The van der Waals surface area contributed by atoms with Crippen LogP contribution in [0.4, 0.5) is 0 Å². The molecule has 0 bridgehead atoms. The summed E-state index contributed by atoms with van der Waals surface area (Å²) in [5, 5.41) is 10.7. The molecule has 0 N–H and O–H groups in total. The summed E-state index contributed by atoms with van der Waals surface area (Å²) in [6.45, 7) is 5.24. The lowest BCUT2D eigenvalue weighted by molar-refractivity contribution is -0.704. The average Bonchev–Trinajstić information content (AvgIpc) is 2.34. The molecular formula is C15H23NO2. The van der Waals surface area contributed by atoms with Gasteiger partial charge in [-0.1, -0.05) is 26.7 Å². The van der Waals surface area contributed by atoms with Crippen LogP contribution < -0.4 is 9.67 Å². The van der Waals surface area contributed by atoms with Gasteiger partial charge >= 0.3 is 0 Å². The molecule has 0 spiro atoms. The molecule has 3 nitrogen and oxygen atoms in total. The van der Waals surface area contributed by atoms with Crippen LogP contribution in [0.1, 0.15) is 50.8 Å². The van der Waals surface area contributed by atoms with Gasteiger partial charge in [-0.05, 0) is 12.5 Å². The summed E-state index contributed by atoms with van der Waals surface area (Å²) in [4.78, 5) is 10.7. The van der Waals surface area contributed by atoms with Gasteiger partial charge in [0.05, 0.1) is 0 Å². The van der Waals surface area contributed by atoms with Crippen molar-refractivity contribution >= 4 is 5.97 Å². The minimum Gasteiger partial charge on any atom is -0.550 e. The fraction of sp³-hybridized carbons (Fsp3) is 0.600. The number of carboxylic acids is 1. The normalized spacial score (nSPS) is 10.6. The summed E-state index contributed by atoms with van der Waals surface area (Å²) < 4.78 is 2.19. The Labute approximate surface area is 109 Å². The van der Waals surface area contributed by atoms with Crippen LogP contribution >= 0.6 is 0 Å². The van der Waals surface area contributed by atoms with Crippen molar-refractivity contribution in [2.75, 3.05) is 0 Å². The lowest BCUT2D eigenvalue weighted by Crippen LogP contribution is -2.40. The number of carboxylic acid groups (broad SMARTS) is 1. The molecule has 100 valence electrons. The number of pyridine rings is 1. The van der Waals surface area contributed by atoms with E-state index in [-0.39, 0.29) is 6.42 Å². The fourth-order valence-corrected chi connectivity index (χ4v) is 2.30. The maximum absolute atomic E-state index is 10.7. The van der Waals surface area contributed by atoms with E-state index in [0.29, 0.717) is 0 Å². The topological polar surface area (TPSA) is 44.0 Å². The molecule has 1 aromatic rings. The van der Waals surface area contributed by atoms with Crippen LogP contribution in [0.5, 0.6) is 0 Å². The van der Waals surface area contributed by atoms with E-state index in [0.717, 1.165) is 30.6 Å². The molecule has 0 saturated heterocycles. The van der Waals surface area contributed by atoms with Gasteiger partial charge in [-0.3, -0.25) is 0 Å². The van der Waals surface area contributed by atoms with Crippen LogP contribution in [0.3, 0.4) is 0 Å². The molecule has 0 aliphatic carbocycles. The largest absolute Gasteiger partial charge is 0.550 e. The Morgan fingerprint density at radius 3 is 2.67 bits per heavy atom. The first kappa shape index (κ1) is 14.7. The molecule has 0 unspecified atom stereocenters. The summed E-state index contributed by atoms with van der Waals surface area (Å²) in [7, 11) is 0. The zero-order valence-electron chi connectivity index (χ0n) is 11.4. The van der Waals surface area contributed by atoms with E-state index in [2.05, 4.69) is 18.4 Å². The van der Waals surface area contributed by atoms with E-state index >= 15 is 0 Å². The highest BCUT2D eigenvalue weighted by atomic mass is 16.4. The maximum Gasteiger partial charge on any atom is 0.184 e. The third kappa shape index (κ3) is 4.47. The molecular weight excluding hydrogens is 226 g/mol. The monoisotopic (exact) mass is 249 g/mol. The van der Waals surface area contributed by atoms with Crippen LogP contribution in [-0.4, -0.2) is 5.97 Å². The van der Waals surface area contributed by atoms with Crippen molar-refractivity contribution in [1.82, 2.24) is 0 Å². The van der Waals surface area contributed by atoms with Crippen LogP contribution in [0.25, 0.3) is 0 Å². The number of aromatic nitrogens is 1. The van der Waals surface area contributed by atoms with E-state index in [9.17, 15) is 9.90 Å². The van der Waals surface area contributed by atoms with Gasteiger partial charge < -0.3 is 9.90 Å². The zero-order valence-corrected chi connectivity index (χ0v) is 11.4. The lowest BCUT2D eigenvalue weighted by Gasteiger charge is -2.08. The van der Waals surface area contributed by atoms with E-state index in [1.807, 2.05) is 18.3 Å². The van der Waals surface area contributed by atoms with Crippen LogP contribution in [0.2, 0.25) is 0 Å². The Hall–Kier alpha value is -1.38. The predicted molar refractivity (Wildman–Crippen MR) is 68.9 cm³/mol. The number of aryl methyl sites for hydroxylation is 1. The first-order valence-corrected chi connectivity index (χ1v) is 6.89. The number of carbonyl (C=O) groups is 1. The second-order valence-electron chi connectivity index (χ2n) is 4.64. The van der Waals surface area contributed by atoms with Crippen LogP contribution in [0, 0.1) is 0 Å². The molecule has 0 aliphatic rings. The Balaban J connectivity index is 2.74. The first-order chi connectivity index (χ1) is 8.69. The first-order valence-electron chi connectivity index (χ1n) is 6.89. The number of rotatable bonds is 8. The Bertz CT molecular complexity index is 388. The van der Waals surface area contributed by atoms with Crippen molar-refractivity contribution in [2.24, 2.45) is 0 Å². The number of aliphatic carboxylic acids is 1. The average molecular weight is 249 g/mol. The fourth-order valence-electron chi connectivity index (χ4n) is 2.30. The van der Waals surface area contributed by atoms with Crippen molar-refractivity contribution < 1.29 is 14.5 Å². The van der Waals surface area contributed by atoms with E-state index in [1.165, 1.54) is 19.3 Å². The van der Waals surface area contributed by atoms with Gasteiger partial charge in [0.2, 0.25) is 0 Å². The molecule has 1 aromatic heterocycles. The number of hydrogen-bond donors (Lipinski definition) is 0. The molecule has 0 amide bonds. The molecule has 18 heavy (non-hydrogen) atoms. The van der Waals surface area contributed by atoms with Crippen molar-refractivity contribution in [1.29, 1.82) is 0 Å². The molecule has 3 heteroatoms. The Kier molecular flexibility index (Phi) is 6.40. The Morgan fingerprint density at radius 1 is 1.28 bits per heavy atom. The van der Waals surface area contributed by atoms with Gasteiger partial charge in [0.15, 0.2) is 11.9 Å². The Morgan fingerprint density at radius 2 is 2.06 bits per heavy atom. The second kappa shape index (κ2) is 7.85. The van der Waals surface area contributed by atoms with Gasteiger partial charge in [-0.25, -0.2) is 4.57 Å². The van der Waals surface area contributed by atoms with Gasteiger partial charge in [-0.2, -0.15) is 0 Å². The highest BCUT2D eigenvalue weighted by Gasteiger charge is 2.13. The van der Waals surface area contributed by atoms with Crippen molar-refractivity contribution in [3.05, 3.63) is 29.6 Å². The zero-order chi connectivity index (χ0) is 13.4. The molecule has 0 saturated carbocycles. The van der Waals surface area contributed by atoms with Gasteiger partial charge in [0.25, 0.3) is 0 Å². The standard InChI is InChI=1S/C15H23NO2/c1-3-5-6-7-10-16-11-8-9-13(12-15(17)18)14(16)4-2/h8-9,11H,3-7,10,12H2,1-2H3. The van der Waals surface area contributed by atoms with Crippen molar-refractivity contribution in [3.63, 3.8) is 0 Å². The SMILES string of the molecule is CCCCCC[n+]1cccc(CC(=O)[O-])c1CC. The molecule has 0 aliphatic heterocycles. The highest BCUT2D eigenvalue weighted by Crippen LogP contribution is 2.07. The highest BCUT2D eigenvalue weighted by molar-refractivity contribution is 5.68. The summed E-state index contributed by atoms with van der Waals surface area (Å²) >= 11 is 0. The third-order valence-corrected chi connectivity index (χ3v) is 3.20. The minimum absolute atomic E-state index is 0.0129. The summed E-state index contributed by atoms with van der Waals surface area (Å²) in [5.41, 5.74) is 2.01. The van der Waals surface area contributed by atoms with E-state index in [1.54, 1.807) is 0 Å². The molecule has 0 aromatic carbocycles. The molecule has 1 heterocycles. The van der Waals surface area contributed by atoms with E-state index in [4.69, 9.17) is 0 Å². The van der Waals surface area contributed by atoms with Gasteiger partial charge in [-0.15, -0.1) is 0 Å². The van der Waals surface area contributed by atoms with Crippen LogP contribution in [0.15, 0.2) is 18.3 Å². The lowest BCUT2D eigenvalue weighted by atomic mass is 10.1. The molecule has 0 fully saturated rings. The smallest absolute Gasteiger partial charge is 0.184 e.